The van der Waals surface area contributed by atoms with E-state index in [1.165, 1.54) is 10.8 Å². The molecule has 0 spiro atoms. The van der Waals surface area contributed by atoms with Crippen LogP contribution in [0.2, 0.25) is 5.15 Å². The highest BCUT2D eigenvalue weighted by Gasteiger charge is 2.10. The van der Waals surface area contributed by atoms with Gasteiger partial charge in [-0.05, 0) is 38.1 Å². The highest BCUT2D eigenvalue weighted by Crippen LogP contribution is 2.20. The van der Waals surface area contributed by atoms with Crippen molar-refractivity contribution in [1.82, 2.24) is 9.78 Å². The van der Waals surface area contributed by atoms with E-state index in [4.69, 9.17) is 16.3 Å². The third kappa shape index (κ3) is 4.23. The van der Waals surface area contributed by atoms with Gasteiger partial charge in [0, 0.05) is 24.4 Å². The second-order valence-electron chi connectivity index (χ2n) is 5.04. The number of hydrogen-bond donors (Lipinski definition) is 1. The molecule has 0 unspecified atom stereocenters. The summed E-state index contributed by atoms with van der Waals surface area (Å²) in [5.41, 5.74) is 2.31. The van der Waals surface area contributed by atoms with Crippen molar-refractivity contribution >= 4 is 35.2 Å². The minimum absolute atomic E-state index is 0.295. The van der Waals surface area contributed by atoms with Gasteiger partial charge in [0.2, 0.25) is 5.91 Å². The van der Waals surface area contributed by atoms with E-state index in [2.05, 4.69) is 10.4 Å². The fraction of sp³-hybridized carbons (Fsp3) is 0.235. The lowest BCUT2D eigenvalue weighted by Gasteiger charge is -2.05. The molecule has 0 atom stereocenters. The van der Waals surface area contributed by atoms with Crippen LogP contribution >= 0.6 is 11.6 Å². The molecule has 6 nitrogen and oxygen atoms in total. The molecule has 1 amide bonds. The molecular weight excluding hydrogens is 330 g/mol. The average molecular weight is 348 g/mol. The van der Waals surface area contributed by atoms with Crippen LogP contribution in [0.4, 0.5) is 5.69 Å². The maximum Gasteiger partial charge on any atom is 0.338 e. The summed E-state index contributed by atoms with van der Waals surface area (Å²) in [6, 6.07) is 6.55. The van der Waals surface area contributed by atoms with Crippen LogP contribution in [0.15, 0.2) is 30.3 Å². The lowest BCUT2D eigenvalue weighted by molar-refractivity contribution is -0.111. The Hall–Kier alpha value is -2.60. The first-order chi connectivity index (χ1) is 11.4. The maximum absolute atomic E-state index is 12.0. The van der Waals surface area contributed by atoms with Crippen molar-refractivity contribution in [2.24, 2.45) is 7.05 Å². The molecule has 0 aliphatic rings. The number of nitrogens with one attached hydrogen (secondary N) is 1. The Morgan fingerprint density at radius 1 is 1.42 bits per heavy atom. The van der Waals surface area contributed by atoms with E-state index in [-0.39, 0.29) is 5.91 Å². The van der Waals surface area contributed by atoms with Crippen LogP contribution in [0.25, 0.3) is 6.08 Å². The van der Waals surface area contributed by atoms with E-state index in [0.29, 0.717) is 28.6 Å². The van der Waals surface area contributed by atoms with E-state index in [1.54, 1.807) is 44.3 Å². The zero-order valence-electron chi connectivity index (χ0n) is 13.7. The van der Waals surface area contributed by atoms with Crippen LogP contribution in [0.1, 0.15) is 28.5 Å². The molecule has 0 saturated carbocycles. The number of benzene rings is 1. The number of esters is 1. The number of aryl methyl sites for hydroxylation is 2. The fourth-order valence-corrected chi connectivity index (χ4v) is 2.35. The predicted molar refractivity (Wildman–Crippen MR) is 93.0 cm³/mol. The third-order valence-electron chi connectivity index (χ3n) is 3.24. The first-order valence-electron chi connectivity index (χ1n) is 7.37. The smallest absolute Gasteiger partial charge is 0.338 e. The molecule has 0 bridgehead atoms. The van der Waals surface area contributed by atoms with Gasteiger partial charge in [-0.15, -0.1) is 0 Å². The van der Waals surface area contributed by atoms with Crippen molar-refractivity contribution in [3.05, 3.63) is 52.3 Å². The zero-order chi connectivity index (χ0) is 17.7. The first kappa shape index (κ1) is 17.7. The van der Waals surface area contributed by atoms with Crippen molar-refractivity contribution in [3.63, 3.8) is 0 Å². The summed E-state index contributed by atoms with van der Waals surface area (Å²) in [5.74, 6) is -0.766. The van der Waals surface area contributed by atoms with Gasteiger partial charge in [-0.25, -0.2) is 4.79 Å². The number of aromatic nitrogens is 2. The van der Waals surface area contributed by atoms with Gasteiger partial charge in [0.1, 0.15) is 5.15 Å². The quantitative estimate of drug-likeness (QED) is 0.665. The maximum atomic E-state index is 12.0. The van der Waals surface area contributed by atoms with Crippen LogP contribution in [-0.4, -0.2) is 28.3 Å². The molecule has 0 saturated heterocycles. The van der Waals surface area contributed by atoms with Crippen LogP contribution in [0.5, 0.6) is 0 Å². The van der Waals surface area contributed by atoms with Gasteiger partial charge >= 0.3 is 5.97 Å². The number of anilines is 1. The Labute approximate surface area is 145 Å². The molecule has 1 aromatic heterocycles. The predicted octanol–water partition coefficient (Wildman–Crippen LogP) is 3.21. The Morgan fingerprint density at radius 2 is 2.17 bits per heavy atom. The normalized spacial score (nSPS) is 10.8. The Kier molecular flexibility index (Phi) is 5.76. The zero-order valence-corrected chi connectivity index (χ0v) is 14.4. The lowest BCUT2D eigenvalue weighted by atomic mass is 10.2. The second kappa shape index (κ2) is 7.79. The summed E-state index contributed by atoms with van der Waals surface area (Å²) < 4.78 is 6.47. The van der Waals surface area contributed by atoms with Crippen molar-refractivity contribution < 1.29 is 14.3 Å². The van der Waals surface area contributed by atoms with Gasteiger partial charge in [-0.3, -0.25) is 9.48 Å². The van der Waals surface area contributed by atoms with E-state index in [0.717, 1.165) is 5.69 Å². The molecule has 7 heteroatoms. The van der Waals surface area contributed by atoms with E-state index < -0.39 is 5.97 Å². The molecular formula is C17H18ClN3O3. The number of carbonyl (C=O) groups is 2. The lowest BCUT2D eigenvalue weighted by Crippen LogP contribution is -2.09. The van der Waals surface area contributed by atoms with Gasteiger partial charge < -0.3 is 10.1 Å². The van der Waals surface area contributed by atoms with Gasteiger partial charge in [-0.1, -0.05) is 17.7 Å². The van der Waals surface area contributed by atoms with Gasteiger partial charge in [-0.2, -0.15) is 5.10 Å². The standard InChI is InChI=1S/C17H18ClN3O3/c1-4-24-17(23)12-6-5-7-13(10-12)19-15(22)9-8-14-11(2)20-21(3)16(14)18/h5-10H,4H2,1-3H3,(H,19,22)/b9-8+. The minimum Gasteiger partial charge on any atom is -0.462 e. The molecule has 0 aliphatic heterocycles. The molecule has 1 aromatic carbocycles. The molecule has 0 fully saturated rings. The Bertz CT molecular complexity index is 796. The van der Waals surface area contributed by atoms with Crippen LogP contribution in [-0.2, 0) is 16.6 Å². The number of amides is 1. The summed E-state index contributed by atoms with van der Waals surface area (Å²) in [5, 5.41) is 7.32. The van der Waals surface area contributed by atoms with E-state index in [1.807, 2.05) is 6.92 Å². The highest BCUT2D eigenvalue weighted by molar-refractivity contribution is 6.31. The van der Waals surface area contributed by atoms with Crippen molar-refractivity contribution in [2.45, 2.75) is 13.8 Å². The summed E-state index contributed by atoms with van der Waals surface area (Å²) in [6.45, 7) is 3.84. The molecule has 126 valence electrons. The second-order valence-corrected chi connectivity index (χ2v) is 5.40. The van der Waals surface area contributed by atoms with Crippen LogP contribution < -0.4 is 5.32 Å². The molecule has 1 N–H and O–H groups in total. The molecule has 2 rings (SSSR count). The first-order valence-corrected chi connectivity index (χ1v) is 7.75. The molecule has 24 heavy (non-hydrogen) atoms. The van der Waals surface area contributed by atoms with E-state index in [9.17, 15) is 9.59 Å². The number of rotatable bonds is 5. The Balaban J connectivity index is 2.08. The van der Waals surface area contributed by atoms with Gasteiger partial charge in [0.15, 0.2) is 0 Å². The van der Waals surface area contributed by atoms with Gasteiger partial charge in [0.05, 0.1) is 17.9 Å². The minimum atomic E-state index is -0.429. The SMILES string of the molecule is CCOC(=O)c1cccc(NC(=O)/C=C/c2c(C)nn(C)c2Cl)c1. The molecule has 1 heterocycles. The monoisotopic (exact) mass is 347 g/mol. The summed E-state index contributed by atoms with van der Waals surface area (Å²) in [4.78, 5) is 23.7. The average Bonchev–Trinajstić information content (AvgIpc) is 2.78. The number of carbonyl (C=O) groups excluding carboxylic acids is 2. The topological polar surface area (TPSA) is 73.2 Å². The molecule has 0 aliphatic carbocycles. The van der Waals surface area contributed by atoms with Gasteiger partial charge in [0.25, 0.3) is 0 Å². The Morgan fingerprint density at radius 3 is 2.79 bits per heavy atom. The third-order valence-corrected chi connectivity index (χ3v) is 3.69. The largest absolute Gasteiger partial charge is 0.462 e. The number of halogens is 1. The summed E-state index contributed by atoms with van der Waals surface area (Å²) in [6.07, 6.45) is 2.97. The number of nitrogens with zero attached hydrogens (tertiary/aromatic N) is 2. The van der Waals surface area contributed by atoms with Crippen LogP contribution in [0, 0.1) is 6.92 Å². The van der Waals surface area contributed by atoms with Crippen molar-refractivity contribution in [1.29, 1.82) is 0 Å². The number of hydrogen-bond acceptors (Lipinski definition) is 4. The van der Waals surface area contributed by atoms with Crippen LogP contribution in [0.3, 0.4) is 0 Å². The van der Waals surface area contributed by atoms with E-state index >= 15 is 0 Å². The highest BCUT2D eigenvalue weighted by atomic mass is 35.5. The summed E-state index contributed by atoms with van der Waals surface area (Å²) in [7, 11) is 1.73. The summed E-state index contributed by atoms with van der Waals surface area (Å²) >= 11 is 6.11. The molecule has 2 aromatic rings. The van der Waals surface area contributed by atoms with Crippen molar-refractivity contribution in [3.8, 4) is 0 Å². The number of ether oxygens (including phenoxy) is 1. The fourth-order valence-electron chi connectivity index (χ4n) is 2.12. The molecule has 0 radical (unpaired) electrons. The van der Waals surface area contributed by atoms with Crippen molar-refractivity contribution in [2.75, 3.05) is 11.9 Å².